The topological polar surface area (TPSA) is 98.7 Å². The highest BCUT2D eigenvalue weighted by Crippen LogP contribution is 2.07. The quantitative estimate of drug-likeness (QED) is 0.536. The Balaban J connectivity index is 2.48. The van der Waals surface area contributed by atoms with Gasteiger partial charge >= 0.3 is 5.97 Å². The highest BCUT2D eigenvalue weighted by Gasteiger charge is 2.25. The van der Waals surface area contributed by atoms with Gasteiger partial charge in [-0.2, -0.15) is 12.6 Å². The zero-order valence-electron chi connectivity index (χ0n) is 8.96. The minimum absolute atomic E-state index is 0.0339. The fourth-order valence-corrected chi connectivity index (χ4v) is 1.52. The van der Waals surface area contributed by atoms with Crippen LogP contribution < -0.4 is 11.5 Å². The average Bonchev–Trinajstić information content (AvgIpc) is 2.40. The van der Waals surface area contributed by atoms with Crippen LogP contribution in [0.1, 0.15) is 12.8 Å². The lowest BCUT2D eigenvalue weighted by Crippen LogP contribution is -2.42. The van der Waals surface area contributed by atoms with Gasteiger partial charge in [-0.25, -0.2) is 4.79 Å². The van der Waals surface area contributed by atoms with E-state index < -0.39 is 18.1 Å². The monoisotopic (exact) mass is 247 g/mol. The molecular weight excluding hydrogens is 230 g/mol. The molecule has 2 atom stereocenters. The van der Waals surface area contributed by atoms with E-state index in [0.717, 1.165) is 6.42 Å². The van der Waals surface area contributed by atoms with Crippen molar-refractivity contribution in [1.82, 2.24) is 5.06 Å². The second-order valence-electron chi connectivity index (χ2n) is 3.78. The average molecular weight is 247 g/mol. The van der Waals surface area contributed by atoms with E-state index >= 15 is 0 Å². The third-order valence-corrected chi connectivity index (χ3v) is 2.78. The largest absolute Gasteiger partial charge is 0.366 e. The number of carbonyl (C=O) groups excluding carboxylic acids is 2. The van der Waals surface area contributed by atoms with Crippen molar-refractivity contribution in [3.05, 3.63) is 0 Å². The Bertz CT molecular complexity index is 275. The van der Waals surface area contributed by atoms with Crippen molar-refractivity contribution in [3.8, 4) is 0 Å². The van der Waals surface area contributed by atoms with E-state index in [-0.39, 0.29) is 18.1 Å². The van der Waals surface area contributed by atoms with Crippen molar-refractivity contribution >= 4 is 24.4 Å². The molecule has 0 bridgehead atoms. The molecule has 1 aliphatic heterocycles. The summed E-state index contributed by atoms with van der Waals surface area (Å²) in [7, 11) is 0. The van der Waals surface area contributed by atoms with Gasteiger partial charge in [0.05, 0.1) is 12.6 Å². The van der Waals surface area contributed by atoms with Crippen LogP contribution in [0.3, 0.4) is 0 Å². The maximum absolute atomic E-state index is 11.4. The van der Waals surface area contributed by atoms with Crippen molar-refractivity contribution in [2.75, 3.05) is 18.8 Å². The number of hydroxylamine groups is 2. The molecule has 16 heavy (non-hydrogen) atoms. The van der Waals surface area contributed by atoms with Gasteiger partial charge in [0.15, 0.2) is 5.78 Å². The molecule has 1 fully saturated rings. The Hall–Kier alpha value is -0.630. The molecule has 6 nitrogen and oxygen atoms in total. The predicted molar refractivity (Wildman–Crippen MR) is 61.7 cm³/mol. The van der Waals surface area contributed by atoms with Crippen LogP contribution in [0, 0.1) is 0 Å². The number of hydrogen-bond acceptors (Lipinski definition) is 7. The molecule has 0 aromatic carbocycles. The summed E-state index contributed by atoms with van der Waals surface area (Å²) < 4.78 is 0. The first-order valence-corrected chi connectivity index (χ1v) is 5.79. The first-order chi connectivity index (χ1) is 7.54. The Kier molecular flexibility index (Phi) is 5.20. The molecule has 1 rings (SSSR count). The van der Waals surface area contributed by atoms with Gasteiger partial charge in [-0.3, -0.25) is 4.79 Å². The van der Waals surface area contributed by atoms with E-state index in [2.05, 4.69) is 12.6 Å². The molecular formula is C9H17N3O3S. The van der Waals surface area contributed by atoms with Crippen LogP contribution in [0.2, 0.25) is 0 Å². The summed E-state index contributed by atoms with van der Waals surface area (Å²) in [4.78, 5) is 27.8. The van der Waals surface area contributed by atoms with Crippen molar-refractivity contribution < 1.29 is 14.4 Å². The van der Waals surface area contributed by atoms with Gasteiger partial charge < -0.3 is 16.3 Å². The van der Waals surface area contributed by atoms with Crippen LogP contribution in [0.4, 0.5) is 0 Å². The number of rotatable bonds is 3. The van der Waals surface area contributed by atoms with Gasteiger partial charge in [0.1, 0.15) is 6.04 Å². The number of nitrogens with two attached hydrogens (primary N) is 2. The van der Waals surface area contributed by atoms with E-state index in [4.69, 9.17) is 16.3 Å². The second kappa shape index (κ2) is 6.19. The van der Waals surface area contributed by atoms with E-state index in [9.17, 15) is 9.59 Å². The van der Waals surface area contributed by atoms with Gasteiger partial charge in [0.2, 0.25) is 0 Å². The Morgan fingerprint density at radius 3 is 3.00 bits per heavy atom. The molecule has 1 saturated heterocycles. The van der Waals surface area contributed by atoms with E-state index in [1.807, 2.05) is 0 Å². The zero-order valence-corrected chi connectivity index (χ0v) is 9.86. The highest BCUT2D eigenvalue weighted by molar-refractivity contribution is 7.80. The molecule has 0 radical (unpaired) electrons. The third kappa shape index (κ3) is 3.75. The fourth-order valence-electron chi connectivity index (χ4n) is 1.37. The van der Waals surface area contributed by atoms with E-state index in [1.165, 1.54) is 5.06 Å². The first-order valence-electron chi connectivity index (χ1n) is 5.16. The summed E-state index contributed by atoms with van der Waals surface area (Å²) in [6.45, 7) is 0.538. The lowest BCUT2D eigenvalue weighted by Gasteiger charge is -2.19. The minimum Gasteiger partial charge on any atom is -0.366 e. The lowest BCUT2D eigenvalue weighted by molar-refractivity contribution is -0.191. The number of Topliss-reactive ketones (excluding diaryl/α,β-unsaturated/α-hetero) is 1. The maximum Gasteiger partial charge on any atom is 0.342 e. The van der Waals surface area contributed by atoms with Crippen LogP contribution in [0.25, 0.3) is 0 Å². The molecule has 1 aliphatic rings. The maximum atomic E-state index is 11.4. The van der Waals surface area contributed by atoms with Crippen LogP contribution >= 0.6 is 12.6 Å². The first kappa shape index (κ1) is 13.4. The lowest BCUT2D eigenvalue weighted by atomic mass is 10.1. The highest BCUT2D eigenvalue weighted by atomic mass is 32.1. The van der Waals surface area contributed by atoms with E-state index in [0.29, 0.717) is 13.0 Å². The van der Waals surface area contributed by atoms with Crippen LogP contribution in [-0.2, 0) is 14.4 Å². The van der Waals surface area contributed by atoms with Crippen LogP contribution in [-0.4, -0.2) is 47.7 Å². The predicted octanol–water partition coefficient (Wildman–Crippen LogP) is -1.31. The molecule has 0 saturated carbocycles. The van der Waals surface area contributed by atoms with Crippen molar-refractivity contribution in [3.63, 3.8) is 0 Å². The van der Waals surface area contributed by atoms with Gasteiger partial charge in [-0.1, -0.05) is 0 Å². The number of nitrogens with zero attached hydrogens (tertiary/aromatic N) is 1. The van der Waals surface area contributed by atoms with Crippen LogP contribution in [0.15, 0.2) is 0 Å². The van der Waals surface area contributed by atoms with Gasteiger partial charge in [-0.15, -0.1) is 5.06 Å². The van der Waals surface area contributed by atoms with E-state index in [1.54, 1.807) is 0 Å². The Morgan fingerprint density at radius 1 is 1.69 bits per heavy atom. The van der Waals surface area contributed by atoms with Crippen molar-refractivity contribution in [1.29, 1.82) is 0 Å². The summed E-state index contributed by atoms with van der Waals surface area (Å²) in [5.74, 6) is -0.483. The standard InChI is InChI=1S/C9H17N3O3S/c10-6-2-1-3-12(4-8(6)13)15-9(14)7(11)5-16/h6-7,16H,1-5,10-11H2/t6?,7-/m0/s1. The summed E-state index contributed by atoms with van der Waals surface area (Å²) in [6, 6.07) is -1.22. The fraction of sp³-hybridized carbons (Fsp3) is 0.778. The van der Waals surface area contributed by atoms with Crippen molar-refractivity contribution in [2.24, 2.45) is 11.5 Å². The Labute approximate surface area is 99.6 Å². The summed E-state index contributed by atoms with van der Waals surface area (Å²) in [5, 5.41) is 1.32. The Morgan fingerprint density at radius 2 is 2.38 bits per heavy atom. The molecule has 0 aliphatic carbocycles. The van der Waals surface area contributed by atoms with Gasteiger partial charge in [0, 0.05) is 12.3 Å². The molecule has 92 valence electrons. The number of thiol groups is 1. The molecule has 1 heterocycles. The number of ketones is 1. The van der Waals surface area contributed by atoms with Crippen LogP contribution in [0.5, 0.6) is 0 Å². The summed E-state index contributed by atoms with van der Waals surface area (Å²) >= 11 is 3.89. The molecule has 0 spiro atoms. The third-order valence-electron chi connectivity index (χ3n) is 2.39. The SMILES string of the molecule is NC1CCCN(OC(=O)[C@@H](N)CS)CC1=O. The molecule has 0 aromatic rings. The molecule has 0 amide bonds. The minimum atomic E-state index is -0.768. The number of hydrogen-bond donors (Lipinski definition) is 3. The zero-order chi connectivity index (χ0) is 12.1. The summed E-state index contributed by atoms with van der Waals surface area (Å²) in [5.41, 5.74) is 11.1. The molecule has 4 N–H and O–H groups in total. The molecule has 0 aromatic heterocycles. The normalized spacial score (nSPS) is 24.9. The second-order valence-corrected chi connectivity index (χ2v) is 4.14. The van der Waals surface area contributed by atoms with Gasteiger partial charge in [-0.05, 0) is 12.8 Å². The number of carbonyl (C=O) groups is 2. The summed E-state index contributed by atoms with van der Waals surface area (Å²) in [6.07, 6.45) is 1.34. The molecule has 1 unspecified atom stereocenters. The molecule has 7 heteroatoms. The van der Waals surface area contributed by atoms with Crippen molar-refractivity contribution in [2.45, 2.75) is 24.9 Å². The van der Waals surface area contributed by atoms with Gasteiger partial charge in [0.25, 0.3) is 0 Å². The smallest absolute Gasteiger partial charge is 0.342 e.